The highest BCUT2D eigenvalue weighted by atomic mass is 32.1. The minimum absolute atomic E-state index is 0.191. The number of amides is 1. The number of rotatable bonds is 3. The number of nitrogens with two attached hydrogens (primary N) is 1. The van der Waals surface area contributed by atoms with E-state index in [1.54, 1.807) is 23.6 Å². The second-order valence-corrected chi connectivity index (χ2v) is 5.78. The summed E-state index contributed by atoms with van der Waals surface area (Å²) in [6.45, 7) is 1.91. The van der Waals surface area contributed by atoms with Crippen molar-refractivity contribution in [1.29, 1.82) is 0 Å². The van der Waals surface area contributed by atoms with Crippen LogP contribution in [0.15, 0.2) is 35.7 Å². The van der Waals surface area contributed by atoms with E-state index < -0.39 is 11.9 Å². The quantitative estimate of drug-likeness (QED) is 0.777. The van der Waals surface area contributed by atoms with Crippen LogP contribution in [0.5, 0.6) is 0 Å². The Kier molecular flexibility index (Phi) is 3.38. The van der Waals surface area contributed by atoms with E-state index in [9.17, 15) is 14.7 Å². The highest BCUT2D eigenvalue weighted by molar-refractivity contribution is 7.17. The third kappa shape index (κ3) is 2.33. The molecule has 110 valence electrons. The van der Waals surface area contributed by atoms with Gasteiger partial charge in [-0.3, -0.25) is 4.79 Å². The van der Waals surface area contributed by atoms with Crippen LogP contribution >= 0.6 is 11.3 Å². The van der Waals surface area contributed by atoms with Gasteiger partial charge in [0.05, 0.1) is 21.5 Å². The molecule has 2 heterocycles. The van der Waals surface area contributed by atoms with Crippen molar-refractivity contribution < 1.29 is 14.7 Å². The highest BCUT2D eigenvalue weighted by Crippen LogP contribution is 2.31. The second-order valence-electron chi connectivity index (χ2n) is 4.90. The summed E-state index contributed by atoms with van der Waals surface area (Å²) in [7, 11) is 0. The number of thiophene rings is 1. The molecule has 1 amide bonds. The molecule has 0 atom stereocenters. The summed E-state index contributed by atoms with van der Waals surface area (Å²) >= 11 is 1.36. The van der Waals surface area contributed by atoms with Crippen LogP contribution in [-0.4, -0.2) is 22.0 Å². The molecular formula is C16H12N2O3S. The van der Waals surface area contributed by atoms with Gasteiger partial charge in [0.1, 0.15) is 0 Å². The van der Waals surface area contributed by atoms with Gasteiger partial charge in [-0.25, -0.2) is 9.78 Å². The van der Waals surface area contributed by atoms with Gasteiger partial charge in [-0.05, 0) is 30.7 Å². The molecule has 3 rings (SSSR count). The van der Waals surface area contributed by atoms with Crippen molar-refractivity contribution in [3.63, 3.8) is 0 Å². The molecular weight excluding hydrogens is 300 g/mol. The van der Waals surface area contributed by atoms with Crippen molar-refractivity contribution in [2.45, 2.75) is 6.92 Å². The van der Waals surface area contributed by atoms with Crippen LogP contribution in [0.25, 0.3) is 21.5 Å². The minimum atomic E-state index is -0.999. The molecule has 3 N–H and O–H groups in total. The van der Waals surface area contributed by atoms with Gasteiger partial charge in [0.2, 0.25) is 5.91 Å². The molecule has 0 spiro atoms. The smallest absolute Gasteiger partial charge is 0.338 e. The standard InChI is InChI=1S/C16H12N2O3S/c1-8-5-12(9-3-2-4-10(6-9)15(17)19)18-13-11(16(20)21)7-22-14(8)13/h2-7H,1H3,(H2,17,19)(H,20,21). The summed E-state index contributed by atoms with van der Waals surface area (Å²) in [5.74, 6) is -1.51. The number of carbonyl (C=O) groups is 2. The van der Waals surface area contributed by atoms with E-state index in [1.807, 2.05) is 19.1 Å². The van der Waals surface area contributed by atoms with Crippen molar-refractivity contribution in [2.24, 2.45) is 5.73 Å². The molecule has 0 unspecified atom stereocenters. The number of hydrogen-bond acceptors (Lipinski definition) is 4. The fourth-order valence-corrected chi connectivity index (χ4v) is 3.26. The molecule has 0 bridgehead atoms. The zero-order valence-electron chi connectivity index (χ0n) is 11.7. The Morgan fingerprint density at radius 3 is 2.73 bits per heavy atom. The van der Waals surface area contributed by atoms with Gasteiger partial charge in [-0.2, -0.15) is 0 Å². The third-order valence-electron chi connectivity index (χ3n) is 3.38. The molecule has 22 heavy (non-hydrogen) atoms. The molecule has 3 aromatic rings. The Morgan fingerprint density at radius 2 is 2.05 bits per heavy atom. The number of hydrogen-bond donors (Lipinski definition) is 2. The van der Waals surface area contributed by atoms with Crippen LogP contribution in [0, 0.1) is 6.92 Å². The molecule has 5 nitrogen and oxygen atoms in total. The molecule has 0 saturated heterocycles. The maximum absolute atomic E-state index is 11.3. The van der Waals surface area contributed by atoms with E-state index in [0.29, 0.717) is 16.8 Å². The van der Waals surface area contributed by atoms with Gasteiger partial charge in [-0.15, -0.1) is 11.3 Å². The summed E-state index contributed by atoms with van der Waals surface area (Å²) in [6, 6.07) is 8.70. The number of fused-ring (bicyclic) bond motifs is 1. The normalized spacial score (nSPS) is 10.8. The summed E-state index contributed by atoms with van der Waals surface area (Å²) in [4.78, 5) is 27.0. The topological polar surface area (TPSA) is 93.3 Å². The fraction of sp³-hybridized carbons (Fsp3) is 0.0625. The van der Waals surface area contributed by atoms with Crippen molar-refractivity contribution >= 4 is 33.4 Å². The molecule has 0 saturated carbocycles. The second kappa shape index (κ2) is 5.23. The zero-order valence-corrected chi connectivity index (χ0v) is 12.5. The Balaban J connectivity index is 2.23. The van der Waals surface area contributed by atoms with Crippen molar-refractivity contribution in [3.8, 4) is 11.3 Å². The van der Waals surface area contributed by atoms with Crippen LogP contribution < -0.4 is 5.73 Å². The van der Waals surface area contributed by atoms with Crippen LogP contribution in [0.4, 0.5) is 0 Å². The first-order chi connectivity index (χ1) is 10.5. The molecule has 2 aromatic heterocycles. The molecule has 0 aliphatic heterocycles. The Labute approximate surface area is 130 Å². The van der Waals surface area contributed by atoms with Gasteiger partial charge in [0.25, 0.3) is 0 Å². The molecule has 1 aromatic carbocycles. The lowest BCUT2D eigenvalue weighted by atomic mass is 10.1. The van der Waals surface area contributed by atoms with Crippen LogP contribution in [-0.2, 0) is 0 Å². The third-order valence-corrected chi connectivity index (χ3v) is 4.49. The molecule has 0 fully saturated rings. The monoisotopic (exact) mass is 312 g/mol. The van der Waals surface area contributed by atoms with E-state index >= 15 is 0 Å². The highest BCUT2D eigenvalue weighted by Gasteiger charge is 2.15. The molecule has 0 aliphatic rings. The number of aromatic carboxylic acids is 1. The van der Waals surface area contributed by atoms with Crippen molar-refractivity contribution in [1.82, 2.24) is 4.98 Å². The number of pyridine rings is 1. The van der Waals surface area contributed by atoms with E-state index in [4.69, 9.17) is 5.73 Å². The first-order valence-corrected chi connectivity index (χ1v) is 7.37. The Bertz CT molecular complexity index is 915. The summed E-state index contributed by atoms with van der Waals surface area (Å²) in [5, 5.41) is 10.8. The van der Waals surface area contributed by atoms with E-state index in [1.165, 1.54) is 11.3 Å². The Morgan fingerprint density at radius 1 is 1.27 bits per heavy atom. The lowest BCUT2D eigenvalue weighted by Gasteiger charge is -2.06. The Hall–Kier alpha value is -2.73. The first-order valence-electron chi connectivity index (χ1n) is 6.49. The van der Waals surface area contributed by atoms with Crippen molar-refractivity contribution in [2.75, 3.05) is 0 Å². The van der Waals surface area contributed by atoms with Gasteiger partial charge in [-0.1, -0.05) is 12.1 Å². The number of carboxylic acid groups (broad SMARTS) is 1. The largest absolute Gasteiger partial charge is 0.478 e. The maximum Gasteiger partial charge on any atom is 0.338 e. The minimum Gasteiger partial charge on any atom is -0.478 e. The summed E-state index contributed by atoms with van der Waals surface area (Å²) in [5.41, 5.74) is 8.63. The van der Waals surface area contributed by atoms with Crippen LogP contribution in [0.3, 0.4) is 0 Å². The summed E-state index contributed by atoms with van der Waals surface area (Å²) < 4.78 is 0.854. The van der Waals surface area contributed by atoms with Gasteiger partial charge < -0.3 is 10.8 Å². The van der Waals surface area contributed by atoms with E-state index in [0.717, 1.165) is 15.8 Å². The lowest BCUT2D eigenvalue weighted by Crippen LogP contribution is -2.10. The molecule has 0 aliphatic carbocycles. The van der Waals surface area contributed by atoms with Crippen molar-refractivity contribution in [3.05, 3.63) is 52.4 Å². The van der Waals surface area contributed by atoms with Crippen LogP contribution in [0.1, 0.15) is 26.3 Å². The SMILES string of the molecule is Cc1cc(-c2cccc(C(N)=O)c2)nc2c(C(=O)O)csc12. The number of nitrogens with zero attached hydrogens (tertiary/aromatic N) is 1. The molecule has 6 heteroatoms. The predicted molar refractivity (Wildman–Crippen MR) is 85.3 cm³/mol. The number of primary amides is 1. The molecule has 0 radical (unpaired) electrons. The number of carboxylic acids is 1. The number of aromatic nitrogens is 1. The van der Waals surface area contributed by atoms with Gasteiger partial charge in [0, 0.05) is 16.5 Å². The first kappa shape index (κ1) is 14.2. The van der Waals surface area contributed by atoms with Crippen LogP contribution in [0.2, 0.25) is 0 Å². The number of carbonyl (C=O) groups excluding carboxylic acids is 1. The predicted octanol–water partition coefficient (Wildman–Crippen LogP) is 3.07. The maximum atomic E-state index is 11.3. The van der Waals surface area contributed by atoms with E-state index in [-0.39, 0.29) is 5.56 Å². The van der Waals surface area contributed by atoms with Gasteiger partial charge in [0.15, 0.2) is 0 Å². The average molecular weight is 312 g/mol. The van der Waals surface area contributed by atoms with Gasteiger partial charge >= 0.3 is 5.97 Å². The van der Waals surface area contributed by atoms with E-state index in [2.05, 4.69) is 4.98 Å². The fourth-order valence-electron chi connectivity index (χ4n) is 2.30. The average Bonchev–Trinajstić information content (AvgIpc) is 2.92. The summed E-state index contributed by atoms with van der Waals surface area (Å²) in [6.07, 6.45) is 0. The lowest BCUT2D eigenvalue weighted by molar-refractivity contribution is 0.0699. The number of aryl methyl sites for hydroxylation is 1. The zero-order chi connectivity index (χ0) is 15.9. The number of benzene rings is 1.